The second-order valence-electron chi connectivity index (χ2n) is 6.07. The number of tetrazole rings is 1. The summed E-state index contributed by atoms with van der Waals surface area (Å²) in [6, 6.07) is 0. The molecule has 2 aromatic heterocycles. The maximum absolute atomic E-state index is 4.91. The Hall–Kier alpha value is -1.34. The Morgan fingerprint density at radius 2 is 2.24 bits per heavy atom. The van der Waals surface area contributed by atoms with Crippen LogP contribution in [0.2, 0.25) is 0 Å². The van der Waals surface area contributed by atoms with Crippen molar-refractivity contribution in [3.8, 4) is 0 Å². The van der Waals surface area contributed by atoms with Gasteiger partial charge in [-0.1, -0.05) is 0 Å². The molecule has 1 saturated heterocycles. The number of fused-ring (bicyclic) bond motifs is 1. The monoisotopic (exact) mass is 304 g/mol. The van der Waals surface area contributed by atoms with Crippen LogP contribution in [0.4, 0.5) is 0 Å². The van der Waals surface area contributed by atoms with E-state index in [0.717, 1.165) is 25.5 Å². The minimum atomic E-state index is 0.593. The molecule has 1 aliphatic heterocycles. The van der Waals surface area contributed by atoms with Gasteiger partial charge in [-0.15, -0.1) is 16.4 Å². The average molecular weight is 304 g/mol. The quantitative estimate of drug-likeness (QED) is 0.861. The molecule has 4 rings (SSSR count). The Morgan fingerprint density at radius 3 is 3.05 bits per heavy atom. The molecular formula is C14H20N6S. The summed E-state index contributed by atoms with van der Waals surface area (Å²) >= 11 is 1.96. The van der Waals surface area contributed by atoms with Crippen molar-refractivity contribution in [2.45, 2.75) is 44.6 Å². The van der Waals surface area contributed by atoms with Gasteiger partial charge in [0.1, 0.15) is 0 Å². The van der Waals surface area contributed by atoms with Gasteiger partial charge in [-0.05, 0) is 49.1 Å². The van der Waals surface area contributed by atoms with Crippen LogP contribution >= 0.6 is 11.3 Å². The molecule has 1 atom stereocenters. The number of rotatable bonds is 3. The molecule has 2 aliphatic rings. The summed E-state index contributed by atoms with van der Waals surface area (Å²) in [5.41, 5.74) is 1.38. The molecule has 0 amide bonds. The van der Waals surface area contributed by atoms with E-state index in [1.54, 1.807) is 9.56 Å². The second kappa shape index (κ2) is 5.46. The number of nitrogens with zero attached hydrogens (tertiary/aromatic N) is 6. The summed E-state index contributed by atoms with van der Waals surface area (Å²) in [5.74, 6) is 1.54. The highest BCUT2D eigenvalue weighted by Crippen LogP contribution is 2.35. The average Bonchev–Trinajstić information content (AvgIpc) is 3.16. The highest BCUT2D eigenvalue weighted by molar-refractivity contribution is 7.11. The molecule has 0 aromatic carbocycles. The van der Waals surface area contributed by atoms with Crippen LogP contribution in [0.15, 0.2) is 0 Å². The molecule has 1 unspecified atom stereocenters. The first kappa shape index (κ1) is 13.3. The van der Waals surface area contributed by atoms with Gasteiger partial charge in [0.15, 0.2) is 5.82 Å². The SMILES string of the molecule is Cn1nnnc1CN1CCCC(c2nc3c(s2)CCC3)C1. The van der Waals surface area contributed by atoms with Gasteiger partial charge in [-0.25, -0.2) is 9.67 Å². The molecule has 2 aromatic rings. The van der Waals surface area contributed by atoms with Gasteiger partial charge in [-0.2, -0.15) is 0 Å². The predicted molar refractivity (Wildman–Crippen MR) is 80.2 cm³/mol. The maximum atomic E-state index is 4.91. The van der Waals surface area contributed by atoms with Gasteiger partial charge in [0, 0.05) is 24.4 Å². The Balaban J connectivity index is 1.46. The zero-order valence-corrected chi connectivity index (χ0v) is 13.1. The second-order valence-corrected chi connectivity index (χ2v) is 7.18. The Kier molecular flexibility index (Phi) is 3.46. The molecule has 0 saturated carbocycles. The van der Waals surface area contributed by atoms with Gasteiger partial charge < -0.3 is 0 Å². The zero-order valence-electron chi connectivity index (χ0n) is 12.3. The summed E-state index contributed by atoms with van der Waals surface area (Å²) in [7, 11) is 1.90. The van der Waals surface area contributed by atoms with Gasteiger partial charge in [0.25, 0.3) is 0 Å². The molecule has 1 fully saturated rings. The fourth-order valence-electron chi connectivity index (χ4n) is 3.37. The Bertz CT molecular complexity index is 612. The fraction of sp³-hybridized carbons (Fsp3) is 0.714. The number of aryl methyl sites for hydroxylation is 3. The van der Waals surface area contributed by atoms with Crippen molar-refractivity contribution in [3.05, 3.63) is 21.4 Å². The molecule has 21 heavy (non-hydrogen) atoms. The highest BCUT2D eigenvalue weighted by atomic mass is 32.1. The van der Waals surface area contributed by atoms with Gasteiger partial charge in [0.2, 0.25) is 0 Å². The van der Waals surface area contributed by atoms with Crippen LogP contribution in [0.5, 0.6) is 0 Å². The van der Waals surface area contributed by atoms with Crippen LogP contribution < -0.4 is 0 Å². The summed E-state index contributed by atoms with van der Waals surface area (Å²) in [6.45, 7) is 3.05. The molecule has 6 nitrogen and oxygen atoms in total. The fourth-order valence-corrected chi connectivity index (χ4v) is 4.65. The first-order chi connectivity index (χ1) is 10.3. The normalized spacial score (nSPS) is 22.6. The van der Waals surface area contributed by atoms with Gasteiger partial charge >= 0.3 is 0 Å². The smallest absolute Gasteiger partial charge is 0.164 e. The molecule has 0 bridgehead atoms. The first-order valence-electron chi connectivity index (χ1n) is 7.71. The van der Waals surface area contributed by atoms with Crippen LogP contribution in [-0.4, -0.2) is 43.2 Å². The largest absolute Gasteiger partial charge is 0.295 e. The van der Waals surface area contributed by atoms with Gasteiger partial charge in [0.05, 0.1) is 17.2 Å². The molecule has 7 heteroatoms. The van der Waals surface area contributed by atoms with Crippen LogP contribution in [0.1, 0.15) is 46.6 Å². The molecule has 3 heterocycles. The zero-order chi connectivity index (χ0) is 14.2. The van der Waals surface area contributed by atoms with E-state index in [4.69, 9.17) is 4.98 Å². The molecule has 1 aliphatic carbocycles. The lowest BCUT2D eigenvalue weighted by atomic mass is 9.99. The van der Waals surface area contributed by atoms with Crippen molar-refractivity contribution in [2.75, 3.05) is 13.1 Å². The highest BCUT2D eigenvalue weighted by Gasteiger charge is 2.27. The number of hydrogen-bond donors (Lipinski definition) is 0. The van der Waals surface area contributed by atoms with E-state index in [9.17, 15) is 0 Å². The number of thiazole rings is 1. The predicted octanol–water partition coefficient (Wildman–Crippen LogP) is 1.53. The van der Waals surface area contributed by atoms with E-state index in [1.165, 1.54) is 42.8 Å². The van der Waals surface area contributed by atoms with Crippen molar-refractivity contribution in [1.29, 1.82) is 0 Å². The van der Waals surface area contributed by atoms with Crippen molar-refractivity contribution in [2.24, 2.45) is 7.05 Å². The first-order valence-corrected chi connectivity index (χ1v) is 8.53. The summed E-state index contributed by atoms with van der Waals surface area (Å²) in [4.78, 5) is 8.92. The summed E-state index contributed by atoms with van der Waals surface area (Å²) < 4.78 is 1.77. The van der Waals surface area contributed by atoms with E-state index in [2.05, 4.69) is 20.4 Å². The van der Waals surface area contributed by atoms with Crippen LogP contribution in [0.25, 0.3) is 0 Å². The van der Waals surface area contributed by atoms with Crippen LogP contribution in [0, 0.1) is 0 Å². The number of likely N-dealkylation sites (tertiary alicyclic amines) is 1. The molecular weight excluding hydrogens is 284 g/mol. The van der Waals surface area contributed by atoms with Crippen molar-refractivity contribution in [1.82, 2.24) is 30.1 Å². The van der Waals surface area contributed by atoms with Crippen molar-refractivity contribution >= 4 is 11.3 Å². The van der Waals surface area contributed by atoms with Gasteiger partial charge in [-0.3, -0.25) is 4.90 Å². The molecule has 112 valence electrons. The van der Waals surface area contributed by atoms with E-state index >= 15 is 0 Å². The topological polar surface area (TPSA) is 59.7 Å². The van der Waals surface area contributed by atoms with E-state index < -0.39 is 0 Å². The number of piperidine rings is 1. The molecule has 0 radical (unpaired) electrons. The third-order valence-corrected chi connectivity index (χ3v) is 5.86. The van der Waals surface area contributed by atoms with E-state index in [-0.39, 0.29) is 0 Å². The number of hydrogen-bond acceptors (Lipinski definition) is 6. The molecule has 0 N–H and O–H groups in total. The third kappa shape index (κ3) is 2.60. The summed E-state index contributed by atoms with van der Waals surface area (Å²) in [5, 5.41) is 13.1. The standard InChI is InChI=1S/C14H20N6S/c1-19-13(16-17-18-19)9-20-7-3-4-10(8-20)14-15-11-5-2-6-12(11)21-14/h10H,2-9H2,1H3. The number of aromatic nitrogens is 5. The van der Waals surface area contributed by atoms with E-state index in [1.807, 2.05) is 18.4 Å². The lowest BCUT2D eigenvalue weighted by molar-refractivity contribution is 0.193. The Morgan fingerprint density at radius 1 is 1.29 bits per heavy atom. The summed E-state index contributed by atoms with van der Waals surface area (Å²) in [6.07, 6.45) is 6.23. The maximum Gasteiger partial charge on any atom is 0.164 e. The van der Waals surface area contributed by atoms with Crippen molar-refractivity contribution in [3.63, 3.8) is 0 Å². The Labute approximate surface area is 128 Å². The van der Waals surface area contributed by atoms with Crippen LogP contribution in [0.3, 0.4) is 0 Å². The lowest BCUT2D eigenvalue weighted by Gasteiger charge is -2.31. The molecule has 0 spiro atoms. The van der Waals surface area contributed by atoms with E-state index in [0.29, 0.717) is 5.92 Å². The van der Waals surface area contributed by atoms with Crippen molar-refractivity contribution < 1.29 is 0 Å². The van der Waals surface area contributed by atoms with Crippen LogP contribution in [-0.2, 0) is 26.4 Å². The lowest BCUT2D eigenvalue weighted by Crippen LogP contribution is -2.34. The minimum absolute atomic E-state index is 0.593. The minimum Gasteiger partial charge on any atom is -0.295 e. The third-order valence-electron chi connectivity index (χ3n) is 4.54.